The predicted molar refractivity (Wildman–Crippen MR) is 85.7 cm³/mol. The van der Waals surface area contributed by atoms with Crippen molar-refractivity contribution in [3.8, 4) is 0 Å². The second-order valence-electron chi connectivity index (χ2n) is 5.85. The van der Waals surface area contributed by atoms with Gasteiger partial charge in [-0.05, 0) is 36.6 Å². The van der Waals surface area contributed by atoms with Gasteiger partial charge in [0, 0.05) is 12.6 Å². The molecule has 1 N–H and O–H groups in total. The third-order valence-electron chi connectivity index (χ3n) is 4.25. The maximum Gasteiger partial charge on any atom is 0.270 e. The lowest BCUT2D eigenvalue weighted by atomic mass is 10.0. The average molecular weight is 314 g/mol. The highest BCUT2D eigenvalue weighted by Gasteiger charge is 2.28. The van der Waals surface area contributed by atoms with Crippen molar-refractivity contribution in [1.82, 2.24) is 9.88 Å². The highest BCUT2D eigenvalue weighted by atomic mass is 19.1. The van der Waals surface area contributed by atoms with Gasteiger partial charge in [0.25, 0.3) is 5.91 Å². The van der Waals surface area contributed by atoms with Gasteiger partial charge in [-0.1, -0.05) is 31.0 Å². The first kappa shape index (κ1) is 15.5. The molecule has 23 heavy (non-hydrogen) atoms. The van der Waals surface area contributed by atoms with E-state index in [0.29, 0.717) is 6.54 Å². The molecule has 1 saturated heterocycles. The van der Waals surface area contributed by atoms with Gasteiger partial charge in [0.15, 0.2) is 0 Å². The minimum Gasteiger partial charge on any atom is -0.330 e. The summed E-state index contributed by atoms with van der Waals surface area (Å²) in [6.45, 7) is 0.608. The number of carbonyl (C=O) groups is 1. The second-order valence-corrected chi connectivity index (χ2v) is 5.85. The van der Waals surface area contributed by atoms with Crippen molar-refractivity contribution in [2.45, 2.75) is 31.7 Å². The number of nitrogens with one attached hydrogen (secondary N) is 1. The van der Waals surface area contributed by atoms with Crippen LogP contribution >= 0.6 is 0 Å². The number of hydrogen-bond acceptors (Lipinski definition) is 2. The van der Waals surface area contributed by atoms with Crippen LogP contribution < -0.4 is 5.56 Å². The van der Waals surface area contributed by atoms with Gasteiger partial charge in [0.2, 0.25) is 5.56 Å². The number of pyridine rings is 1. The van der Waals surface area contributed by atoms with Gasteiger partial charge in [-0.3, -0.25) is 9.59 Å². The van der Waals surface area contributed by atoms with Crippen LogP contribution in [0, 0.1) is 5.82 Å². The van der Waals surface area contributed by atoms with Crippen molar-refractivity contribution in [3.63, 3.8) is 0 Å². The molecule has 5 heteroatoms. The molecule has 4 nitrogen and oxygen atoms in total. The van der Waals surface area contributed by atoms with Crippen molar-refractivity contribution in [3.05, 3.63) is 69.9 Å². The highest BCUT2D eigenvalue weighted by molar-refractivity contribution is 5.92. The number of halogens is 1. The number of carbonyl (C=O) groups excluding carboxylic acids is 1. The van der Waals surface area contributed by atoms with Gasteiger partial charge < -0.3 is 9.88 Å². The zero-order chi connectivity index (χ0) is 16.2. The summed E-state index contributed by atoms with van der Waals surface area (Å²) in [6, 6.07) is 10.8. The van der Waals surface area contributed by atoms with Crippen LogP contribution in [0.2, 0.25) is 0 Å². The lowest BCUT2D eigenvalue weighted by Crippen LogP contribution is -2.36. The summed E-state index contributed by atoms with van der Waals surface area (Å²) in [5.74, 6) is -0.508. The Kier molecular flexibility index (Phi) is 4.55. The minimum absolute atomic E-state index is 0.163. The molecular formula is C18H19FN2O2. The molecule has 1 amide bonds. The van der Waals surface area contributed by atoms with E-state index in [1.165, 1.54) is 18.2 Å². The second kappa shape index (κ2) is 6.77. The topological polar surface area (TPSA) is 53.2 Å². The first-order chi connectivity index (χ1) is 11.1. The van der Waals surface area contributed by atoms with Crippen molar-refractivity contribution < 1.29 is 9.18 Å². The smallest absolute Gasteiger partial charge is 0.270 e. The fourth-order valence-electron chi connectivity index (χ4n) is 3.14. The highest BCUT2D eigenvalue weighted by Crippen LogP contribution is 2.31. The molecule has 120 valence electrons. The molecule has 1 fully saturated rings. The molecule has 3 rings (SSSR count). The lowest BCUT2D eigenvalue weighted by molar-refractivity contribution is 0.0674. The quantitative estimate of drug-likeness (QED) is 0.925. The van der Waals surface area contributed by atoms with Crippen LogP contribution in [-0.2, 0) is 0 Å². The molecule has 2 aromatic rings. The number of aromatic nitrogens is 1. The zero-order valence-corrected chi connectivity index (χ0v) is 12.8. The van der Waals surface area contributed by atoms with Crippen LogP contribution in [0.3, 0.4) is 0 Å². The van der Waals surface area contributed by atoms with Crippen molar-refractivity contribution >= 4 is 5.91 Å². The van der Waals surface area contributed by atoms with Crippen LogP contribution in [0.25, 0.3) is 0 Å². The Hall–Kier alpha value is -2.43. The van der Waals surface area contributed by atoms with Gasteiger partial charge in [-0.15, -0.1) is 0 Å². The molecule has 1 aliphatic heterocycles. The van der Waals surface area contributed by atoms with E-state index in [4.69, 9.17) is 0 Å². The van der Waals surface area contributed by atoms with Gasteiger partial charge in [0.05, 0.1) is 6.04 Å². The Morgan fingerprint density at radius 1 is 1.13 bits per heavy atom. The van der Waals surface area contributed by atoms with Gasteiger partial charge in [0.1, 0.15) is 11.5 Å². The summed E-state index contributed by atoms with van der Waals surface area (Å²) in [5.41, 5.74) is 0.785. The van der Waals surface area contributed by atoms with E-state index >= 15 is 0 Å². The summed E-state index contributed by atoms with van der Waals surface area (Å²) in [7, 11) is 0. The summed E-state index contributed by atoms with van der Waals surface area (Å²) < 4.78 is 13.6. The van der Waals surface area contributed by atoms with E-state index in [-0.39, 0.29) is 29.0 Å². The number of rotatable bonds is 2. The van der Waals surface area contributed by atoms with E-state index < -0.39 is 0 Å². The molecule has 1 aromatic carbocycles. The summed E-state index contributed by atoms with van der Waals surface area (Å²) in [5, 5.41) is 0. The normalized spacial score (nSPS) is 18.5. The van der Waals surface area contributed by atoms with E-state index in [1.807, 2.05) is 6.07 Å². The Balaban J connectivity index is 1.95. The number of H-pyrrole nitrogens is 1. The van der Waals surface area contributed by atoms with Crippen molar-refractivity contribution in [2.75, 3.05) is 6.54 Å². The van der Waals surface area contributed by atoms with Crippen molar-refractivity contribution in [2.24, 2.45) is 0 Å². The minimum atomic E-state index is -0.299. The van der Waals surface area contributed by atoms with Crippen LogP contribution in [-0.4, -0.2) is 22.3 Å². The molecule has 1 aromatic heterocycles. The Bertz CT molecular complexity index is 756. The maximum absolute atomic E-state index is 13.6. The largest absolute Gasteiger partial charge is 0.330 e. The molecule has 0 unspecified atom stereocenters. The molecule has 2 heterocycles. The SMILES string of the molecule is O=C(c1cccc(=O)[nH]1)N1CCCCC[C@H]1c1cccc(F)c1. The third-order valence-corrected chi connectivity index (χ3v) is 4.25. The molecule has 1 aliphatic rings. The molecule has 0 bridgehead atoms. The number of nitrogens with zero attached hydrogens (tertiary/aromatic N) is 1. The Morgan fingerprint density at radius 2 is 1.96 bits per heavy atom. The van der Waals surface area contributed by atoms with E-state index in [0.717, 1.165) is 31.2 Å². The van der Waals surface area contributed by atoms with Gasteiger partial charge in [-0.25, -0.2) is 4.39 Å². The van der Waals surface area contributed by atoms with Crippen molar-refractivity contribution in [1.29, 1.82) is 0 Å². The summed E-state index contributed by atoms with van der Waals surface area (Å²) in [6.07, 6.45) is 3.75. The summed E-state index contributed by atoms with van der Waals surface area (Å²) >= 11 is 0. The number of benzene rings is 1. The molecule has 1 atom stereocenters. The molecule has 0 aliphatic carbocycles. The Labute approximate surface area is 134 Å². The predicted octanol–water partition coefficient (Wildman–Crippen LogP) is 3.27. The standard InChI is InChI=1S/C18H19FN2O2/c19-14-7-4-6-13(12-14)16-9-2-1-3-11-21(16)18(23)15-8-5-10-17(22)20-15/h4-8,10,12,16H,1-3,9,11H2,(H,20,22)/t16-/m0/s1. The lowest BCUT2D eigenvalue weighted by Gasteiger charge is -2.30. The molecular weight excluding hydrogens is 295 g/mol. The zero-order valence-electron chi connectivity index (χ0n) is 12.8. The van der Waals surface area contributed by atoms with Crippen LogP contribution in [0.4, 0.5) is 4.39 Å². The fourth-order valence-corrected chi connectivity index (χ4v) is 3.14. The van der Waals surface area contributed by atoms with Gasteiger partial charge in [-0.2, -0.15) is 0 Å². The fraction of sp³-hybridized carbons (Fsp3) is 0.333. The monoisotopic (exact) mass is 314 g/mol. The van der Waals surface area contributed by atoms with Crippen LogP contribution in [0.15, 0.2) is 47.3 Å². The molecule has 0 saturated carbocycles. The number of hydrogen-bond donors (Lipinski definition) is 1. The van der Waals surface area contributed by atoms with Crippen LogP contribution in [0.5, 0.6) is 0 Å². The number of likely N-dealkylation sites (tertiary alicyclic amines) is 1. The first-order valence-corrected chi connectivity index (χ1v) is 7.91. The number of aromatic amines is 1. The average Bonchev–Trinajstić information content (AvgIpc) is 2.80. The van der Waals surface area contributed by atoms with E-state index in [2.05, 4.69) is 4.98 Å². The Morgan fingerprint density at radius 3 is 2.74 bits per heavy atom. The van der Waals surface area contributed by atoms with E-state index in [9.17, 15) is 14.0 Å². The molecule has 0 spiro atoms. The number of amides is 1. The third kappa shape index (κ3) is 3.50. The summed E-state index contributed by atoms with van der Waals surface area (Å²) in [4.78, 5) is 28.6. The molecule has 0 radical (unpaired) electrons. The first-order valence-electron chi connectivity index (χ1n) is 7.91. The van der Waals surface area contributed by atoms with Gasteiger partial charge >= 0.3 is 0 Å². The van der Waals surface area contributed by atoms with Crippen LogP contribution in [0.1, 0.15) is 47.8 Å². The maximum atomic E-state index is 13.6. The van der Waals surface area contributed by atoms with E-state index in [1.54, 1.807) is 23.1 Å².